The van der Waals surface area contributed by atoms with Gasteiger partial charge in [-0.25, -0.2) is 0 Å². The van der Waals surface area contributed by atoms with Crippen molar-refractivity contribution in [3.05, 3.63) is 43.0 Å². The zero-order valence-electron chi connectivity index (χ0n) is 12.5. The molecule has 0 N–H and O–H groups in total. The smallest absolute Gasteiger partial charge is 0.203 e. The highest BCUT2D eigenvalue weighted by Gasteiger charge is 2.14. The molecular weight excluding hydrogens is 254 g/mol. The average Bonchev–Trinajstić information content (AvgIpc) is 2.46. The van der Waals surface area contributed by atoms with Gasteiger partial charge >= 0.3 is 0 Å². The van der Waals surface area contributed by atoms with Crippen LogP contribution in [0.25, 0.3) is 0 Å². The number of hydrogen-bond acceptors (Lipinski definition) is 4. The van der Waals surface area contributed by atoms with Gasteiger partial charge in [-0.2, -0.15) is 0 Å². The molecule has 0 aliphatic carbocycles. The molecule has 0 spiro atoms. The van der Waals surface area contributed by atoms with Crippen LogP contribution in [0.3, 0.4) is 0 Å². The monoisotopic (exact) mass is 277 g/mol. The van der Waals surface area contributed by atoms with E-state index in [-0.39, 0.29) is 0 Å². The molecule has 0 bridgehead atoms. The predicted molar refractivity (Wildman–Crippen MR) is 81.8 cm³/mol. The zero-order chi connectivity index (χ0) is 15.0. The maximum absolute atomic E-state index is 5.36. The van der Waals surface area contributed by atoms with Gasteiger partial charge in [0.15, 0.2) is 11.5 Å². The standard InChI is InChI=1S/C16H23NO3/c1-6-8-17(9-7-2)12-13-10-14(18-3)16(20-5)15(11-13)19-4/h6-7,10-11H,1-2,8-9,12H2,3-5H3. The Balaban J connectivity index is 3.05. The Morgan fingerprint density at radius 3 is 1.80 bits per heavy atom. The Bertz CT molecular complexity index is 422. The van der Waals surface area contributed by atoms with Gasteiger partial charge in [0.05, 0.1) is 21.3 Å². The van der Waals surface area contributed by atoms with Crippen molar-refractivity contribution < 1.29 is 14.2 Å². The lowest BCUT2D eigenvalue weighted by Gasteiger charge is -2.20. The van der Waals surface area contributed by atoms with E-state index in [2.05, 4.69) is 18.1 Å². The van der Waals surface area contributed by atoms with Gasteiger partial charge in [-0.1, -0.05) is 12.2 Å². The molecule has 0 saturated carbocycles. The minimum atomic E-state index is 0.609. The molecule has 110 valence electrons. The van der Waals surface area contributed by atoms with Crippen molar-refractivity contribution in [2.24, 2.45) is 0 Å². The fourth-order valence-corrected chi connectivity index (χ4v) is 2.05. The minimum Gasteiger partial charge on any atom is -0.493 e. The molecule has 0 aromatic heterocycles. The van der Waals surface area contributed by atoms with E-state index in [1.54, 1.807) is 21.3 Å². The van der Waals surface area contributed by atoms with E-state index in [9.17, 15) is 0 Å². The summed E-state index contributed by atoms with van der Waals surface area (Å²) in [6.07, 6.45) is 3.75. The van der Waals surface area contributed by atoms with Gasteiger partial charge in [-0.05, 0) is 17.7 Å². The summed E-state index contributed by atoms with van der Waals surface area (Å²) in [6.45, 7) is 9.90. The quantitative estimate of drug-likeness (QED) is 0.649. The molecule has 0 unspecified atom stereocenters. The molecule has 0 radical (unpaired) electrons. The van der Waals surface area contributed by atoms with Gasteiger partial charge in [-0.3, -0.25) is 4.90 Å². The summed E-state index contributed by atoms with van der Waals surface area (Å²) in [5.41, 5.74) is 1.09. The number of hydrogen-bond donors (Lipinski definition) is 0. The molecule has 0 fully saturated rings. The maximum atomic E-state index is 5.36. The number of ether oxygens (including phenoxy) is 3. The zero-order valence-corrected chi connectivity index (χ0v) is 12.5. The van der Waals surface area contributed by atoms with Crippen molar-refractivity contribution in [2.45, 2.75) is 6.54 Å². The second kappa shape index (κ2) is 8.27. The number of methoxy groups -OCH3 is 3. The summed E-state index contributed by atoms with van der Waals surface area (Å²) < 4.78 is 16.0. The molecule has 0 heterocycles. The molecule has 4 heteroatoms. The first-order chi connectivity index (χ1) is 9.69. The Kier molecular flexibility index (Phi) is 6.67. The summed E-state index contributed by atoms with van der Waals surface area (Å²) in [4.78, 5) is 2.21. The van der Waals surface area contributed by atoms with Crippen molar-refractivity contribution >= 4 is 0 Å². The lowest BCUT2D eigenvalue weighted by molar-refractivity contribution is 0.313. The van der Waals surface area contributed by atoms with Crippen molar-refractivity contribution in [1.82, 2.24) is 4.90 Å². The summed E-state index contributed by atoms with van der Waals surface area (Å²) in [7, 11) is 4.83. The number of rotatable bonds is 9. The summed E-state index contributed by atoms with van der Waals surface area (Å²) in [5.74, 6) is 1.94. The van der Waals surface area contributed by atoms with E-state index < -0.39 is 0 Å². The average molecular weight is 277 g/mol. The van der Waals surface area contributed by atoms with E-state index in [0.29, 0.717) is 17.2 Å². The highest BCUT2D eigenvalue weighted by atomic mass is 16.5. The van der Waals surface area contributed by atoms with Gasteiger partial charge in [0, 0.05) is 19.6 Å². The largest absolute Gasteiger partial charge is 0.493 e. The van der Waals surface area contributed by atoms with Crippen LogP contribution in [0.2, 0.25) is 0 Å². The molecule has 0 aliphatic rings. The van der Waals surface area contributed by atoms with E-state index in [1.807, 2.05) is 24.3 Å². The first kappa shape index (κ1) is 16.1. The van der Waals surface area contributed by atoms with E-state index in [0.717, 1.165) is 25.2 Å². The van der Waals surface area contributed by atoms with Crippen LogP contribution >= 0.6 is 0 Å². The third-order valence-corrected chi connectivity index (χ3v) is 2.91. The van der Waals surface area contributed by atoms with Crippen LogP contribution in [-0.2, 0) is 6.54 Å². The van der Waals surface area contributed by atoms with Crippen LogP contribution < -0.4 is 14.2 Å². The van der Waals surface area contributed by atoms with Gasteiger partial charge in [0.2, 0.25) is 5.75 Å². The molecule has 20 heavy (non-hydrogen) atoms. The summed E-state index contributed by atoms with van der Waals surface area (Å²) >= 11 is 0. The van der Waals surface area contributed by atoms with E-state index in [1.165, 1.54) is 0 Å². The maximum Gasteiger partial charge on any atom is 0.203 e. The van der Waals surface area contributed by atoms with E-state index >= 15 is 0 Å². The lowest BCUT2D eigenvalue weighted by atomic mass is 10.1. The van der Waals surface area contributed by atoms with Crippen molar-refractivity contribution in [2.75, 3.05) is 34.4 Å². The Morgan fingerprint density at radius 1 is 0.950 bits per heavy atom. The molecule has 1 aromatic rings. The Morgan fingerprint density at radius 2 is 1.45 bits per heavy atom. The molecule has 1 aromatic carbocycles. The number of nitrogens with zero attached hydrogens (tertiary/aromatic N) is 1. The van der Waals surface area contributed by atoms with Crippen LogP contribution in [0.15, 0.2) is 37.4 Å². The van der Waals surface area contributed by atoms with Crippen LogP contribution in [0, 0.1) is 0 Å². The molecule has 0 saturated heterocycles. The van der Waals surface area contributed by atoms with Crippen LogP contribution in [0.4, 0.5) is 0 Å². The highest BCUT2D eigenvalue weighted by molar-refractivity contribution is 5.53. The van der Waals surface area contributed by atoms with Crippen molar-refractivity contribution in [3.8, 4) is 17.2 Å². The minimum absolute atomic E-state index is 0.609. The molecular formula is C16H23NO3. The third-order valence-electron chi connectivity index (χ3n) is 2.91. The normalized spacial score (nSPS) is 10.2. The van der Waals surface area contributed by atoms with Gasteiger partial charge < -0.3 is 14.2 Å². The van der Waals surface area contributed by atoms with Crippen LogP contribution in [0.5, 0.6) is 17.2 Å². The molecule has 1 rings (SSSR count). The fourth-order valence-electron chi connectivity index (χ4n) is 2.05. The van der Waals surface area contributed by atoms with Crippen molar-refractivity contribution in [3.63, 3.8) is 0 Å². The first-order valence-corrected chi connectivity index (χ1v) is 6.43. The third kappa shape index (κ3) is 4.03. The van der Waals surface area contributed by atoms with E-state index in [4.69, 9.17) is 14.2 Å². The molecule has 0 aliphatic heterocycles. The molecule has 0 atom stereocenters. The summed E-state index contributed by atoms with van der Waals surface area (Å²) in [6, 6.07) is 3.92. The Hall–Kier alpha value is -1.94. The topological polar surface area (TPSA) is 30.9 Å². The van der Waals surface area contributed by atoms with Crippen molar-refractivity contribution in [1.29, 1.82) is 0 Å². The summed E-state index contributed by atoms with van der Waals surface area (Å²) in [5, 5.41) is 0. The first-order valence-electron chi connectivity index (χ1n) is 6.43. The van der Waals surface area contributed by atoms with Crippen LogP contribution in [0.1, 0.15) is 5.56 Å². The Labute approximate surface area is 121 Å². The fraction of sp³-hybridized carbons (Fsp3) is 0.375. The second-order valence-corrected chi connectivity index (χ2v) is 4.31. The molecule has 4 nitrogen and oxygen atoms in total. The van der Waals surface area contributed by atoms with Gasteiger partial charge in [0.1, 0.15) is 0 Å². The predicted octanol–water partition coefficient (Wildman–Crippen LogP) is 2.89. The lowest BCUT2D eigenvalue weighted by Crippen LogP contribution is -2.23. The molecule has 0 amide bonds. The van der Waals surface area contributed by atoms with Gasteiger partial charge in [-0.15, -0.1) is 13.2 Å². The van der Waals surface area contributed by atoms with Crippen LogP contribution in [-0.4, -0.2) is 39.3 Å². The second-order valence-electron chi connectivity index (χ2n) is 4.31. The SMILES string of the molecule is C=CCN(CC=C)Cc1cc(OC)c(OC)c(OC)c1. The number of benzene rings is 1. The van der Waals surface area contributed by atoms with Gasteiger partial charge in [0.25, 0.3) is 0 Å². The highest BCUT2D eigenvalue weighted by Crippen LogP contribution is 2.38.